The van der Waals surface area contributed by atoms with Crippen LogP contribution in [-0.4, -0.2) is 40.1 Å². The summed E-state index contributed by atoms with van der Waals surface area (Å²) >= 11 is 0. The maximum absolute atomic E-state index is 13.0. The van der Waals surface area contributed by atoms with E-state index in [2.05, 4.69) is 10.3 Å². The van der Waals surface area contributed by atoms with Crippen LogP contribution in [0.3, 0.4) is 0 Å². The van der Waals surface area contributed by atoms with Gasteiger partial charge in [0.1, 0.15) is 5.60 Å². The Hall–Kier alpha value is -1.80. The van der Waals surface area contributed by atoms with Gasteiger partial charge in [0, 0.05) is 24.9 Å². The molecule has 126 valence electrons. The number of ether oxygens (including phenoxy) is 1. The third-order valence-corrected chi connectivity index (χ3v) is 2.55. The molecule has 0 radical (unpaired) electrons. The van der Waals surface area contributed by atoms with Crippen LogP contribution in [-0.2, 0) is 17.7 Å². The van der Waals surface area contributed by atoms with Gasteiger partial charge in [-0.3, -0.25) is 0 Å². The van der Waals surface area contributed by atoms with Gasteiger partial charge in [-0.25, -0.2) is 18.6 Å². The average molecular weight is 325 g/mol. The number of carbonyl (C=O) groups excluding carboxylic acids is 1. The van der Waals surface area contributed by atoms with E-state index < -0.39 is 30.6 Å². The summed E-state index contributed by atoms with van der Waals surface area (Å²) in [7, 11) is 0. The number of halogens is 4. The normalized spacial score (nSPS) is 12.5. The third-order valence-electron chi connectivity index (χ3n) is 2.55. The molecule has 0 aromatic carbocycles. The number of imidazole rings is 1. The number of hydrogen-bond acceptors (Lipinski definition) is 3. The van der Waals surface area contributed by atoms with Gasteiger partial charge in [-0.05, 0) is 20.8 Å². The molecule has 1 rings (SSSR count). The Labute approximate surface area is 125 Å². The predicted octanol–water partition coefficient (Wildman–Crippen LogP) is 2.85. The zero-order chi connectivity index (χ0) is 17.0. The Kier molecular flexibility index (Phi) is 5.78. The molecule has 1 aromatic rings. The van der Waals surface area contributed by atoms with E-state index in [9.17, 15) is 22.4 Å². The van der Waals surface area contributed by atoms with Gasteiger partial charge in [0.2, 0.25) is 0 Å². The standard InChI is InChI=1S/C13H19F4N3O2/c1-12(2,3)22-11(21)19-5-4-9-6-18-8-20(9)7-13(16,17)10(14)15/h6,8,10H,4-5,7H2,1-3H3,(H,19,21). The minimum atomic E-state index is -4.13. The minimum absolute atomic E-state index is 0.112. The van der Waals surface area contributed by atoms with E-state index in [0.29, 0.717) is 5.69 Å². The smallest absolute Gasteiger partial charge is 0.407 e. The highest BCUT2D eigenvalue weighted by Crippen LogP contribution is 2.25. The molecule has 0 fully saturated rings. The van der Waals surface area contributed by atoms with Crippen LogP contribution < -0.4 is 5.32 Å². The van der Waals surface area contributed by atoms with Crippen molar-refractivity contribution in [2.45, 2.75) is 51.7 Å². The van der Waals surface area contributed by atoms with Crippen molar-refractivity contribution in [3.05, 3.63) is 18.2 Å². The largest absolute Gasteiger partial charge is 0.444 e. The zero-order valence-electron chi connectivity index (χ0n) is 12.6. The van der Waals surface area contributed by atoms with E-state index in [4.69, 9.17) is 4.74 Å². The highest BCUT2D eigenvalue weighted by atomic mass is 19.3. The first-order valence-electron chi connectivity index (χ1n) is 6.63. The van der Waals surface area contributed by atoms with E-state index in [1.54, 1.807) is 20.8 Å². The van der Waals surface area contributed by atoms with Crippen LogP contribution in [0.1, 0.15) is 26.5 Å². The Morgan fingerprint density at radius 3 is 2.59 bits per heavy atom. The number of nitrogens with zero attached hydrogens (tertiary/aromatic N) is 2. The van der Waals surface area contributed by atoms with Crippen molar-refractivity contribution in [2.24, 2.45) is 0 Å². The van der Waals surface area contributed by atoms with Gasteiger partial charge < -0.3 is 14.6 Å². The first-order chi connectivity index (χ1) is 10.0. The lowest BCUT2D eigenvalue weighted by Gasteiger charge is -2.20. The van der Waals surface area contributed by atoms with Crippen molar-refractivity contribution in [2.75, 3.05) is 6.54 Å². The van der Waals surface area contributed by atoms with Crippen molar-refractivity contribution in [1.82, 2.24) is 14.9 Å². The fourth-order valence-electron chi connectivity index (χ4n) is 1.60. The van der Waals surface area contributed by atoms with Crippen LogP contribution >= 0.6 is 0 Å². The molecule has 1 N–H and O–H groups in total. The molecule has 0 aliphatic heterocycles. The summed E-state index contributed by atoms with van der Waals surface area (Å²) in [6.45, 7) is 4.06. The van der Waals surface area contributed by atoms with Crippen LogP contribution in [0.2, 0.25) is 0 Å². The average Bonchev–Trinajstić information content (AvgIpc) is 2.73. The number of carbonyl (C=O) groups is 1. The number of hydrogen-bond donors (Lipinski definition) is 1. The first kappa shape index (κ1) is 18.2. The van der Waals surface area contributed by atoms with Crippen molar-refractivity contribution in [1.29, 1.82) is 0 Å². The molecule has 1 heterocycles. The molecule has 0 unspecified atom stereocenters. The molecule has 1 aromatic heterocycles. The van der Waals surface area contributed by atoms with Gasteiger partial charge in [-0.1, -0.05) is 0 Å². The van der Waals surface area contributed by atoms with E-state index in [-0.39, 0.29) is 13.0 Å². The molecule has 0 aliphatic carbocycles. The molecule has 0 saturated carbocycles. The summed E-state index contributed by atoms with van der Waals surface area (Å²) in [5.74, 6) is -4.13. The summed E-state index contributed by atoms with van der Waals surface area (Å²) in [5.41, 5.74) is -0.332. The molecule has 0 saturated heterocycles. The van der Waals surface area contributed by atoms with Crippen LogP contribution in [0.5, 0.6) is 0 Å². The van der Waals surface area contributed by atoms with Crippen LogP contribution in [0.15, 0.2) is 12.5 Å². The maximum Gasteiger partial charge on any atom is 0.407 e. The number of amides is 1. The zero-order valence-corrected chi connectivity index (χ0v) is 12.6. The van der Waals surface area contributed by atoms with E-state index in [1.807, 2.05) is 0 Å². The first-order valence-corrected chi connectivity index (χ1v) is 6.63. The van der Waals surface area contributed by atoms with Gasteiger partial charge >= 0.3 is 18.4 Å². The predicted molar refractivity (Wildman–Crippen MR) is 71.1 cm³/mol. The van der Waals surface area contributed by atoms with Crippen molar-refractivity contribution >= 4 is 6.09 Å². The van der Waals surface area contributed by atoms with E-state index in [1.165, 1.54) is 6.20 Å². The van der Waals surface area contributed by atoms with Crippen LogP contribution in [0.25, 0.3) is 0 Å². The lowest BCUT2D eigenvalue weighted by molar-refractivity contribution is -0.138. The molecule has 5 nitrogen and oxygen atoms in total. The molecule has 22 heavy (non-hydrogen) atoms. The lowest BCUT2D eigenvalue weighted by atomic mass is 10.2. The molecule has 0 aliphatic rings. The number of alkyl carbamates (subject to hydrolysis) is 1. The second-order valence-electron chi connectivity index (χ2n) is 5.75. The minimum Gasteiger partial charge on any atom is -0.444 e. The molecular weight excluding hydrogens is 306 g/mol. The highest BCUT2D eigenvalue weighted by molar-refractivity contribution is 5.67. The van der Waals surface area contributed by atoms with Gasteiger partial charge in [-0.15, -0.1) is 0 Å². The quantitative estimate of drug-likeness (QED) is 0.818. The Morgan fingerprint density at radius 2 is 2.05 bits per heavy atom. The number of aromatic nitrogens is 2. The van der Waals surface area contributed by atoms with Crippen LogP contribution in [0.4, 0.5) is 22.4 Å². The van der Waals surface area contributed by atoms with E-state index >= 15 is 0 Å². The van der Waals surface area contributed by atoms with Gasteiger partial charge in [0.25, 0.3) is 0 Å². The summed E-state index contributed by atoms with van der Waals surface area (Å²) < 4.78 is 56.4. The lowest BCUT2D eigenvalue weighted by Crippen LogP contribution is -2.34. The monoisotopic (exact) mass is 325 g/mol. The summed E-state index contributed by atoms with van der Waals surface area (Å²) in [6, 6.07) is 0. The van der Waals surface area contributed by atoms with Gasteiger partial charge in [0.05, 0.1) is 12.9 Å². The molecule has 0 spiro atoms. The fraction of sp³-hybridized carbons (Fsp3) is 0.692. The van der Waals surface area contributed by atoms with Crippen LogP contribution in [0, 0.1) is 0 Å². The SMILES string of the molecule is CC(C)(C)OC(=O)NCCc1cncn1CC(F)(F)C(F)F. The molecule has 9 heteroatoms. The number of alkyl halides is 4. The maximum atomic E-state index is 13.0. The fourth-order valence-corrected chi connectivity index (χ4v) is 1.60. The van der Waals surface area contributed by atoms with Crippen molar-refractivity contribution < 1.29 is 27.1 Å². The molecule has 0 atom stereocenters. The van der Waals surface area contributed by atoms with E-state index in [0.717, 1.165) is 10.9 Å². The second kappa shape index (κ2) is 6.97. The Bertz CT molecular complexity index is 498. The third kappa shape index (κ3) is 5.90. The number of rotatable bonds is 6. The highest BCUT2D eigenvalue weighted by Gasteiger charge is 2.41. The number of nitrogens with one attached hydrogen (secondary N) is 1. The molecule has 1 amide bonds. The Morgan fingerprint density at radius 1 is 1.41 bits per heavy atom. The second-order valence-corrected chi connectivity index (χ2v) is 5.75. The van der Waals surface area contributed by atoms with Gasteiger partial charge in [0.15, 0.2) is 0 Å². The van der Waals surface area contributed by atoms with Crippen molar-refractivity contribution in [3.63, 3.8) is 0 Å². The summed E-state index contributed by atoms with van der Waals surface area (Å²) in [4.78, 5) is 15.1. The molecular formula is C13H19F4N3O2. The van der Waals surface area contributed by atoms with Gasteiger partial charge in [-0.2, -0.15) is 8.78 Å². The summed E-state index contributed by atoms with van der Waals surface area (Å²) in [6.07, 6.45) is -1.88. The Balaban J connectivity index is 2.52. The van der Waals surface area contributed by atoms with Crippen molar-refractivity contribution in [3.8, 4) is 0 Å². The topological polar surface area (TPSA) is 56.1 Å². The summed E-state index contributed by atoms with van der Waals surface area (Å²) in [5, 5.41) is 2.45. The molecule has 0 bridgehead atoms.